The molecule has 0 radical (unpaired) electrons. The predicted molar refractivity (Wildman–Crippen MR) is 74.9 cm³/mol. The first kappa shape index (κ1) is 18.4. The van der Waals surface area contributed by atoms with Gasteiger partial charge in [-0.1, -0.05) is 6.92 Å². The highest BCUT2D eigenvalue weighted by Gasteiger charge is 2.28. The number of nitrogens with zero attached hydrogens (tertiary/aromatic N) is 1. The average molecular weight is 338 g/mol. The van der Waals surface area contributed by atoms with Crippen molar-refractivity contribution in [3.05, 3.63) is 29.8 Å². The van der Waals surface area contributed by atoms with Crippen LogP contribution in [0.4, 0.5) is 13.2 Å². The number of rotatable bonds is 6. The maximum atomic E-state index is 12.1. The van der Waals surface area contributed by atoms with Crippen LogP contribution >= 0.6 is 0 Å². The summed E-state index contributed by atoms with van der Waals surface area (Å²) in [6.45, 7) is 1.40. The average Bonchev–Trinajstić information content (AvgIpc) is 2.43. The van der Waals surface area contributed by atoms with Gasteiger partial charge in [-0.15, -0.1) is 0 Å². The molecule has 1 amide bonds. The second kappa shape index (κ2) is 7.10. The number of carbonyl (C=O) groups excluding carboxylic acids is 1. The van der Waals surface area contributed by atoms with Gasteiger partial charge in [-0.2, -0.15) is 13.2 Å². The fraction of sp³-hybridized carbons (Fsp3) is 0.462. The van der Waals surface area contributed by atoms with Gasteiger partial charge in [0.05, 0.1) is 11.3 Å². The van der Waals surface area contributed by atoms with Crippen molar-refractivity contribution < 1.29 is 26.4 Å². The van der Waals surface area contributed by atoms with Crippen LogP contribution in [0, 0.1) is 0 Å². The molecule has 1 rings (SSSR count). The molecule has 124 valence electrons. The Balaban J connectivity index is 2.80. The maximum Gasteiger partial charge on any atom is 0.390 e. The Morgan fingerprint density at radius 1 is 1.23 bits per heavy atom. The van der Waals surface area contributed by atoms with E-state index in [0.29, 0.717) is 0 Å². The molecule has 0 aromatic heterocycles. The number of halogens is 3. The first-order valence-electron chi connectivity index (χ1n) is 6.49. The first-order valence-corrected chi connectivity index (χ1v) is 7.97. The summed E-state index contributed by atoms with van der Waals surface area (Å²) in [6, 6.07) is 5.03. The van der Waals surface area contributed by atoms with Crippen molar-refractivity contribution in [2.75, 3.05) is 20.1 Å². The Hall–Kier alpha value is -1.61. The fourth-order valence-electron chi connectivity index (χ4n) is 1.67. The third-order valence-electron chi connectivity index (χ3n) is 2.82. The molecule has 1 aromatic carbocycles. The number of sulfonamides is 1. The van der Waals surface area contributed by atoms with E-state index in [2.05, 4.69) is 4.72 Å². The van der Waals surface area contributed by atoms with Crippen LogP contribution in [-0.4, -0.2) is 45.5 Å². The van der Waals surface area contributed by atoms with E-state index in [1.807, 2.05) is 0 Å². The lowest BCUT2D eigenvalue weighted by Crippen LogP contribution is -2.30. The first-order chi connectivity index (χ1) is 10.1. The molecule has 22 heavy (non-hydrogen) atoms. The van der Waals surface area contributed by atoms with Gasteiger partial charge >= 0.3 is 6.18 Å². The maximum absolute atomic E-state index is 12.1. The van der Waals surface area contributed by atoms with Crippen molar-refractivity contribution in [2.45, 2.75) is 24.4 Å². The van der Waals surface area contributed by atoms with Gasteiger partial charge in [0.1, 0.15) is 0 Å². The largest absolute Gasteiger partial charge is 0.390 e. The summed E-state index contributed by atoms with van der Waals surface area (Å²) in [4.78, 5) is 12.9. The molecule has 1 aromatic rings. The second-order valence-electron chi connectivity index (χ2n) is 4.62. The van der Waals surface area contributed by atoms with E-state index in [-0.39, 0.29) is 17.0 Å². The van der Waals surface area contributed by atoms with Crippen molar-refractivity contribution in [1.82, 2.24) is 9.62 Å². The van der Waals surface area contributed by atoms with Crippen LogP contribution in [0.3, 0.4) is 0 Å². The molecule has 0 aliphatic rings. The lowest BCUT2D eigenvalue weighted by atomic mass is 10.2. The minimum absolute atomic E-state index is 0.0103. The quantitative estimate of drug-likeness (QED) is 0.863. The number of benzene rings is 1. The van der Waals surface area contributed by atoms with Gasteiger partial charge in [-0.3, -0.25) is 4.79 Å². The Kier molecular flexibility index (Phi) is 5.95. The molecular weight excluding hydrogens is 321 g/mol. The number of amides is 1. The van der Waals surface area contributed by atoms with Crippen LogP contribution < -0.4 is 4.72 Å². The third kappa shape index (κ3) is 5.30. The lowest BCUT2D eigenvalue weighted by Gasteiger charge is -2.18. The Labute approximate surface area is 127 Å². The van der Waals surface area contributed by atoms with E-state index in [1.54, 1.807) is 6.92 Å². The topological polar surface area (TPSA) is 66.5 Å². The molecule has 0 heterocycles. The summed E-state index contributed by atoms with van der Waals surface area (Å²) in [5.41, 5.74) is 0.125. The van der Waals surface area contributed by atoms with Gasteiger partial charge in [0.15, 0.2) is 0 Å². The lowest BCUT2D eigenvalue weighted by molar-refractivity contribution is -0.136. The van der Waals surface area contributed by atoms with E-state index in [1.165, 1.54) is 31.3 Å². The molecular formula is C13H17F3N2O3S. The molecule has 5 nitrogen and oxygen atoms in total. The van der Waals surface area contributed by atoms with Crippen LogP contribution in [0.25, 0.3) is 0 Å². The molecule has 0 aliphatic carbocycles. The summed E-state index contributed by atoms with van der Waals surface area (Å²) < 4.78 is 62.1. The molecule has 0 bridgehead atoms. The standard InChI is InChI=1S/C13H17F3N2O3S/c1-3-17-22(20,21)11-6-4-10(5-7-11)12(19)18(2)9-8-13(14,15)16/h4-7,17H,3,8-9H2,1-2H3. The van der Waals surface area contributed by atoms with Gasteiger partial charge in [-0.25, -0.2) is 13.1 Å². The smallest absolute Gasteiger partial charge is 0.341 e. The van der Waals surface area contributed by atoms with Gasteiger partial charge in [0, 0.05) is 25.7 Å². The fourth-order valence-corrected chi connectivity index (χ4v) is 2.71. The van der Waals surface area contributed by atoms with Crippen molar-refractivity contribution in [3.63, 3.8) is 0 Å². The zero-order chi connectivity index (χ0) is 17.0. The highest BCUT2D eigenvalue weighted by molar-refractivity contribution is 7.89. The molecule has 0 aliphatic heterocycles. The van der Waals surface area contributed by atoms with Crippen LogP contribution in [-0.2, 0) is 10.0 Å². The summed E-state index contributed by atoms with van der Waals surface area (Å²) >= 11 is 0. The van der Waals surface area contributed by atoms with Gasteiger partial charge in [0.25, 0.3) is 5.91 Å². The Morgan fingerprint density at radius 3 is 2.23 bits per heavy atom. The van der Waals surface area contributed by atoms with E-state index in [9.17, 15) is 26.4 Å². The zero-order valence-corrected chi connectivity index (χ0v) is 13.0. The van der Waals surface area contributed by atoms with Crippen LogP contribution in [0.1, 0.15) is 23.7 Å². The molecule has 0 fully saturated rings. The summed E-state index contributed by atoms with van der Waals surface area (Å²) in [7, 11) is -2.37. The highest BCUT2D eigenvalue weighted by Crippen LogP contribution is 2.20. The predicted octanol–water partition coefficient (Wildman–Crippen LogP) is 2.01. The van der Waals surface area contributed by atoms with Gasteiger partial charge < -0.3 is 4.90 Å². The number of alkyl halides is 3. The van der Waals surface area contributed by atoms with E-state index >= 15 is 0 Å². The second-order valence-corrected chi connectivity index (χ2v) is 6.38. The van der Waals surface area contributed by atoms with E-state index < -0.39 is 35.1 Å². The zero-order valence-electron chi connectivity index (χ0n) is 12.1. The molecule has 1 N–H and O–H groups in total. The summed E-state index contributed by atoms with van der Waals surface area (Å²) in [5, 5.41) is 0. The molecule has 0 spiro atoms. The molecule has 0 saturated carbocycles. The van der Waals surface area contributed by atoms with Gasteiger partial charge in [-0.05, 0) is 24.3 Å². The van der Waals surface area contributed by atoms with Crippen molar-refractivity contribution in [1.29, 1.82) is 0 Å². The normalized spacial score (nSPS) is 12.2. The van der Waals surface area contributed by atoms with E-state index in [4.69, 9.17) is 0 Å². The van der Waals surface area contributed by atoms with Crippen molar-refractivity contribution in [3.8, 4) is 0 Å². The Morgan fingerprint density at radius 2 is 1.77 bits per heavy atom. The SMILES string of the molecule is CCNS(=O)(=O)c1ccc(C(=O)N(C)CCC(F)(F)F)cc1. The number of nitrogens with one attached hydrogen (secondary N) is 1. The van der Waals surface area contributed by atoms with Crippen LogP contribution in [0.2, 0.25) is 0 Å². The number of hydrogen-bond donors (Lipinski definition) is 1. The van der Waals surface area contributed by atoms with Crippen LogP contribution in [0.5, 0.6) is 0 Å². The molecule has 0 saturated heterocycles. The summed E-state index contributed by atoms with van der Waals surface area (Å²) in [5.74, 6) is -0.600. The minimum atomic E-state index is -4.34. The highest BCUT2D eigenvalue weighted by atomic mass is 32.2. The van der Waals surface area contributed by atoms with Crippen LogP contribution in [0.15, 0.2) is 29.2 Å². The summed E-state index contributed by atoms with van der Waals surface area (Å²) in [6.07, 6.45) is -5.43. The van der Waals surface area contributed by atoms with Crippen molar-refractivity contribution in [2.24, 2.45) is 0 Å². The minimum Gasteiger partial charge on any atom is -0.341 e. The van der Waals surface area contributed by atoms with Crippen molar-refractivity contribution >= 4 is 15.9 Å². The molecule has 0 atom stereocenters. The number of hydrogen-bond acceptors (Lipinski definition) is 3. The monoisotopic (exact) mass is 338 g/mol. The van der Waals surface area contributed by atoms with E-state index in [0.717, 1.165) is 4.90 Å². The molecule has 9 heteroatoms. The van der Waals surface area contributed by atoms with Gasteiger partial charge in [0.2, 0.25) is 10.0 Å². The third-order valence-corrected chi connectivity index (χ3v) is 4.38. The Bertz CT molecular complexity index is 612. The number of carbonyl (C=O) groups is 1. The molecule has 0 unspecified atom stereocenters.